The van der Waals surface area contributed by atoms with Gasteiger partial charge in [-0.25, -0.2) is 0 Å². The Morgan fingerprint density at radius 3 is 1.00 bits per heavy atom. The van der Waals surface area contributed by atoms with Gasteiger partial charge in [0, 0.05) is 39.7 Å². The van der Waals surface area contributed by atoms with Crippen LogP contribution >= 0.6 is 0 Å². The smallest absolute Gasteiger partial charge is 0.159 e. The third-order valence-corrected chi connectivity index (χ3v) is 6.86. The molecule has 0 unspecified atom stereocenters. The van der Waals surface area contributed by atoms with E-state index in [1.807, 2.05) is 12.1 Å². The number of hydrogen-bond acceptors (Lipinski definition) is 3. The van der Waals surface area contributed by atoms with Crippen molar-refractivity contribution in [2.24, 2.45) is 0 Å². The van der Waals surface area contributed by atoms with Crippen LogP contribution in [0.2, 0.25) is 0 Å². The molecule has 5 aromatic rings. The number of anilines is 6. The van der Waals surface area contributed by atoms with Gasteiger partial charge in [-0.3, -0.25) is 4.79 Å². The van der Waals surface area contributed by atoms with Crippen molar-refractivity contribution in [1.29, 1.82) is 0 Å². The van der Waals surface area contributed by atoms with Crippen molar-refractivity contribution in [2.75, 3.05) is 9.80 Å². The van der Waals surface area contributed by atoms with E-state index in [1.165, 1.54) is 22.3 Å². The van der Waals surface area contributed by atoms with Gasteiger partial charge < -0.3 is 9.80 Å². The third-order valence-electron chi connectivity index (χ3n) is 6.86. The van der Waals surface area contributed by atoms with E-state index in [9.17, 15) is 4.79 Å². The first-order chi connectivity index (χ1) is 18.8. The maximum absolute atomic E-state index is 12.9. The Kier molecular flexibility index (Phi) is 7.33. The number of benzene rings is 5. The summed E-state index contributed by atoms with van der Waals surface area (Å²) in [5, 5.41) is 0. The van der Waals surface area contributed by atoms with E-state index < -0.39 is 0 Å². The predicted molar refractivity (Wildman–Crippen MR) is 165 cm³/mol. The monoisotopic (exact) mass is 510 g/mol. The van der Waals surface area contributed by atoms with Crippen molar-refractivity contribution in [3.05, 3.63) is 143 Å². The van der Waals surface area contributed by atoms with E-state index in [2.05, 4.69) is 141 Å². The standard InChI is InChI=1S/C36H34N2O/c1-25-10-6-14-31(18-25)37(32-15-7-11-26(2)19-32)35-22-30(29(5)39)23-36(24-35)38(33-16-8-12-27(3)20-33)34-17-9-13-28(4)21-34/h6-24H,1-5H3. The van der Waals surface area contributed by atoms with Gasteiger partial charge in [-0.05, 0) is 124 Å². The minimum Gasteiger partial charge on any atom is -0.310 e. The van der Waals surface area contributed by atoms with Crippen LogP contribution in [-0.2, 0) is 0 Å². The average molecular weight is 511 g/mol. The predicted octanol–water partition coefficient (Wildman–Crippen LogP) is 10.1. The van der Waals surface area contributed by atoms with Crippen LogP contribution in [0.5, 0.6) is 0 Å². The van der Waals surface area contributed by atoms with Gasteiger partial charge >= 0.3 is 0 Å². The minimum absolute atomic E-state index is 0.0277. The zero-order valence-corrected chi connectivity index (χ0v) is 23.3. The number of Topliss-reactive ketones (excluding diaryl/α,β-unsaturated/α-hetero) is 1. The quantitative estimate of drug-likeness (QED) is 0.204. The normalized spacial score (nSPS) is 10.8. The summed E-state index contributed by atoms with van der Waals surface area (Å²) in [5.74, 6) is 0.0277. The van der Waals surface area contributed by atoms with Gasteiger partial charge in [-0.15, -0.1) is 0 Å². The van der Waals surface area contributed by atoms with E-state index in [4.69, 9.17) is 0 Å². The van der Waals surface area contributed by atoms with Gasteiger partial charge in [0.15, 0.2) is 5.78 Å². The molecule has 0 aliphatic carbocycles. The number of rotatable bonds is 7. The number of carbonyl (C=O) groups excluding carboxylic acids is 1. The summed E-state index contributed by atoms with van der Waals surface area (Å²) in [4.78, 5) is 17.4. The topological polar surface area (TPSA) is 23.6 Å². The lowest BCUT2D eigenvalue weighted by Gasteiger charge is -2.30. The molecule has 0 saturated heterocycles. The summed E-state index contributed by atoms with van der Waals surface area (Å²) in [6.45, 7) is 10.1. The lowest BCUT2D eigenvalue weighted by Crippen LogP contribution is -2.15. The van der Waals surface area contributed by atoms with Crippen LogP contribution < -0.4 is 9.80 Å². The first kappa shape index (κ1) is 26.0. The molecule has 0 spiro atoms. The van der Waals surface area contributed by atoms with Gasteiger partial charge in [0.1, 0.15) is 0 Å². The van der Waals surface area contributed by atoms with Crippen LogP contribution in [0.4, 0.5) is 34.1 Å². The molecule has 0 aromatic heterocycles. The molecule has 0 aliphatic rings. The highest BCUT2D eigenvalue weighted by Gasteiger charge is 2.20. The van der Waals surface area contributed by atoms with Crippen LogP contribution in [0.25, 0.3) is 0 Å². The van der Waals surface area contributed by atoms with Crippen molar-refractivity contribution in [3.8, 4) is 0 Å². The molecule has 0 heterocycles. The molecule has 0 N–H and O–H groups in total. The fourth-order valence-corrected chi connectivity index (χ4v) is 5.02. The Labute approximate surface area is 232 Å². The highest BCUT2D eigenvalue weighted by atomic mass is 16.1. The van der Waals surface area contributed by atoms with Crippen LogP contribution in [0, 0.1) is 27.7 Å². The van der Waals surface area contributed by atoms with Crippen molar-refractivity contribution < 1.29 is 4.79 Å². The summed E-state index contributed by atoms with van der Waals surface area (Å²) in [6, 6.07) is 40.1. The Balaban J connectivity index is 1.78. The Morgan fingerprint density at radius 2 is 0.744 bits per heavy atom. The summed E-state index contributed by atoms with van der Waals surface area (Å²) in [5.41, 5.74) is 11.4. The van der Waals surface area contributed by atoms with E-state index in [1.54, 1.807) is 6.92 Å². The first-order valence-corrected chi connectivity index (χ1v) is 13.3. The maximum Gasteiger partial charge on any atom is 0.159 e. The van der Waals surface area contributed by atoms with E-state index >= 15 is 0 Å². The van der Waals surface area contributed by atoms with E-state index in [0.717, 1.165) is 34.1 Å². The Bertz CT molecular complexity index is 1450. The Morgan fingerprint density at radius 1 is 0.436 bits per heavy atom. The summed E-state index contributed by atoms with van der Waals surface area (Å²) < 4.78 is 0. The zero-order chi connectivity index (χ0) is 27.5. The van der Waals surface area contributed by atoms with Crippen LogP contribution in [0.1, 0.15) is 39.5 Å². The van der Waals surface area contributed by atoms with Crippen LogP contribution in [0.15, 0.2) is 115 Å². The number of aryl methyl sites for hydroxylation is 4. The maximum atomic E-state index is 12.9. The average Bonchev–Trinajstić information content (AvgIpc) is 2.89. The number of ketones is 1. The summed E-state index contributed by atoms with van der Waals surface area (Å²) >= 11 is 0. The molecule has 3 nitrogen and oxygen atoms in total. The lowest BCUT2D eigenvalue weighted by atomic mass is 10.0. The van der Waals surface area contributed by atoms with Crippen molar-refractivity contribution >= 4 is 39.9 Å². The molecule has 0 aliphatic heterocycles. The second kappa shape index (κ2) is 11.0. The molecule has 3 heteroatoms. The SMILES string of the molecule is CC(=O)c1cc(N(c2cccc(C)c2)c2cccc(C)c2)cc(N(c2cccc(C)c2)c2cccc(C)c2)c1. The molecule has 0 amide bonds. The summed E-state index contributed by atoms with van der Waals surface area (Å²) in [7, 11) is 0. The van der Waals surface area contributed by atoms with Crippen molar-refractivity contribution in [1.82, 2.24) is 0 Å². The molecule has 5 rings (SSSR count). The Hall–Kier alpha value is -4.63. The fourth-order valence-electron chi connectivity index (χ4n) is 5.02. The molecule has 5 aromatic carbocycles. The fraction of sp³-hybridized carbons (Fsp3) is 0.139. The zero-order valence-electron chi connectivity index (χ0n) is 23.3. The van der Waals surface area contributed by atoms with Gasteiger partial charge in [0.05, 0.1) is 0 Å². The first-order valence-electron chi connectivity index (χ1n) is 13.3. The van der Waals surface area contributed by atoms with Crippen molar-refractivity contribution in [3.63, 3.8) is 0 Å². The van der Waals surface area contributed by atoms with E-state index in [-0.39, 0.29) is 5.78 Å². The van der Waals surface area contributed by atoms with Gasteiger partial charge in [0.25, 0.3) is 0 Å². The van der Waals surface area contributed by atoms with E-state index in [0.29, 0.717) is 5.56 Å². The molecular formula is C36H34N2O. The number of carbonyl (C=O) groups is 1. The number of hydrogen-bond donors (Lipinski definition) is 0. The molecule has 0 bridgehead atoms. The van der Waals surface area contributed by atoms with Gasteiger partial charge in [0.2, 0.25) is 0 Å². The van der Waals surface area contributed by atoms with Crippen LogP contribution in [-0.4, -0.2) is 5.78 Å². The molecule has 0 atom stereocenters. The highest BCUT2D eigenvalue weighted by Crippen LogP contribution is 2.42. The van der Waals surface area contributed by atoms with Gasteiger partial charge in [-0.1, -0.05) is 48.5 Å². The minimum atomic E-state index is 0.0277. The lowest BCUT2D eigenvalue weighted by molar-refractivity contribution is 0.101. The third kappa shape index (κ3) is 5.78. The molecule has 194 valence electrons. The highest BCUT2D eigenvalue weighted by molar-refractivity contribution is 5.98. The molecule has 39 heavy (non-hydrogen) atoms. The van der Waals surface area contributed by atoms with Crippen molar-refractivity contribution in [2.45, 2.75) is 34.6 Å². The largest absolute Gasteiger partial charge is 0.310 e. The summed E-state index contributed by atoms with van der Waals surface area (Å²) in [6.07, 6.45) is 0. The molecule has 0 saturated carbocycles. The van der Waals surface area contributed by atoms with Gasteiger partial charge in [-0.2, -0.15) is 0 Å². The van der Waals surface area contributed by atoms with Crippen LogP contribution in [0.3, 0.4) is 0 Å². The molecule has 0 fully saturated rings. The second-order valence-electron chi connectivity index (χ2n) is 10.3. The molecule has 0 radical (unpaired) electrons. The molecular weight excluding hydrogens is 476 g/mol. The second-order valence-corrected chi connectivity index (χ2v) is 10.3. The number of nitrogens with zero attached hydrogens (tertiary/aromatic N) is 2.